The first-order valence-corrected chi connectivity index (χ1v) is 8.79. The van der Waals surface area contributed by atoms with Crippen molar-refractivity contribution < 1.29 is 19.1 Å². The number of ketones is 1. The van der Waals surface area contributed by atoms with Crippen molar-refractivity contribution in [3.8, 4) is 12.3 Å². The second-order valence-corrected chi connectivity index (χ2v) is 10.6. The van der Waals surface area contributed by atoms with Gasteiger partial charge < -0.3 is 9.53 Å². The fourth-order valence-corrected chi connectivity index (χ4v) is 2.56. The molecule has 0 heterocycles. The molecule has 0 bridgehead atoms. The summed E-state index contributed by atoms with van der Waals surface area (Å²) < 4.78 is 5.93. The fraction of sp³-hybridized carbons (Fsp3) is 0.692. The largest absolute Gasteiger partial charge is 0.481 e. The van der Waals surface area contributed by atoms with Gasteiger partial charge >= 0.3 is 5.97 Å². The minimum Gasteiger partial charge on any atom is -0.481 e. The van der Waals surface area contributed by atoms with Gasteiger partial charge in [-0.1, -0.05) is 20.8 Å². The molecule has 1 unspecified atom stereocenters. The van der Waals surface area contributed by atoms with Gasteiger partial charge in [0.25, 0.3) is 0 Å². The number of carboxylic acids is 1. The van der Waals surface area contributed by atoms with Crippen LogP contribution >= 0.6 is 0 Å². The second-order valence-electron chi connectivity index (χ2n) is 5.87. The van der Waals surface area contributed by atoms with Crippen LogP contribution in [0.3, 0.4) is 0 Å². The number of carboxylic acid groups (broad SMARTS) is 1. The molecule has 0 fully saturated rings. The highest BCUT2D eigenvalue weighted by Crippen LogP contribution is 2.37. The highest BCUT2D eigenvalue weighted by atomic mass is 28.4. The van der Waals surface area contributed by atoms with Gasteiger partial charge in [-0.25, -0.2) is 0 Å². The molecule has 5 heteroatoms. The highest BCUT2D eigenvalue weighted by molar-refractivity contribution is 6.74. The Morgan fingerprint density at radius 3 is 2.17 bits per heavy atom. The smallest absolute Gasteiger partial charge is 0.305 e. The first kappa shape index (κ1) is 16.9. The number of Topliss-reactive ketones (excluding diaryl/α,β-unsaturated/α-hetero) is 1. The Hall–Kier alpha value is -1.12. The van der Waals surface area contributed by atoms with Gasteiger partial charge in [0.1, 0.15) is 0 Å². The highest BCUT2D eigenvalue weighted by Gasteiger charge is 2.39. The molecule has 1 atom stereocenters. The van der Waals surface area contributed by atoms with Gasteiger partial charge in [0, 0.05) is 6.42 Å². The van der Waals surface area contributed by atoms with Crippen molar-refractivity contribution in [2.24, 2.45) is 0 Å². The topological polar surface area (TPSA) is 63.6 Å². The molecule has 0 rings (SSSR count). The van der Waals surface area contributed by atoms with Crippen LogP contribution in [0, 0.1) is 12.3 Å². The second kappa shape index (κ2) is 6.16. The molecular formula is C13H22O4Si. The van der Waals surface area contributed by atoms with Crippen molar-refractivity contribution >= 4 is 20.1 Å². The van der Waals surface area contributed by atoms with E-state index < -0.39 is 26.2 Å². The third-order valence-electron chi connectivity index (χ3n) is 3.24. The van der Waals surface area contributed by atoms with E-state index in [1.54, 1.807) is 0 Å². The van der Waals surface area contributed by atoms with Crippen LogP contribution in [0.15, 0.2) is 0 Å². The number of carbonyl (C=O) groups is 2. The van der Waals surface area contributed by atoms with Crippen molar-refractivity contribution in [3.05, 3.63) is 0 Å². The Kier molecular flexibility index (Phi) is 5.78. The molecule has 0 saturated heterocycles. The quantitative estimate of drug-likeness (QED) is 0.457. The lowest BCUT2D eigenvalue weighted by Gasteiger charge is -2.38. The summed E-state index contributed by atoms with van der Waals surface area (Å²) in [6.07, 6.45) is 4.15. The lowest BCUT2D eigenvalue weighted by molar-refractivity contribution is -0.139. The van der Waals surface area contributed by atoms with Crippen molar-refractivity contribution in [1.82, 2.24) is 0 Å². The molecule has 0 spiro atoms. The van der Waals surface area contributed by atoms with E-state index in [9.17, 15) is 9.59 Å². The van der Waals surface area contributed by atoms with Gasteiger partial charge in [-0.15, -0.1) is 6.42 Å². The normalized spacial score (nSPS) is 13.8. The summed E-state index contributed by atoms with van der Waals surface area (Å²) in [7, 11) is -2.10. The SMILES string of the molecule is C#CC(=O)CC(CC(=O)O)O[Si](C)(C)C(C)(C)C. The van der Waals surface area contributed by atoms with Gasteiger partial charge in [-0.2, -0.15) is 0 Å². The van der Waals surface area contributed by atoms with E-state index in [4.69, 9.17) is 16.0 Å². The van der Waals surface area contributed by atoms with Crippen LogP contribution in [0.25, 0.3) is 0 Å². The van der Waals surface area contributed by atoms with Crippen LogP contribution in [0.2, 0.25) is 18.1 Å². The van der Waals surface area contributed by atoms with Crippen molar-refractivity contribution in [2.75, 3.05) is 0 Å². The van der Waals surface area contributed by atoms with E-state index >= 15 is 0 Å². The zero-order valence-corrected chi connectivity index (χ0v) is 12.7. The fourth-order valence-electron chi connectivity index (χ4n) is 1.21. The minimum absolute atomic E-state index is 0.0324. The lowest BCUT2D eigenvalue weighted by Crippen LogP contribution is -2.44. The number of carbonyl (C=O) groups excluding carboxylic acids is 1. The molecule has 0 aliphatic rings. The zero-order chi connectivity index (χ0) is 14.6. The van der Waals surface area contributed by atoms with Crippen LogP contribution in [0.5, 0.6) is 0 Å². The van der Waals surface area contributed by atoms with Crippen LogP contribution in [-0.2, 0) is 14.0 Å². The maximum Gasteiger partial charge on any atom is 0.305 e. The third kappa shape index (κ3) is 5.47. The van der Waals surface area contributed by atoms with Gasteiger partial charge in [-0.3, -0.25) is 9.59 Å². The van der Waals surface area contributed by atoms with Crippen LogP contribution in [-0.4, -0.2) is 31.3 Å². The van der Waals surface area contributed by atoms with Crippen LogP contribution < -0.4 is 0 Å². The Morgan fingerprint density at radius 2 is 1.83 bits per heavy atom. The molecule has 0 amide bonds. The van der Waals surface area contributed by atoms with Gasteiger partial charge in [0.15, 0.2) is 8.32 Å². The molecule has 0 radical (unpaired) electrons. The standard InChI is InChI=1S/C13H22O4Si/c1-7-10(14)8-11(9-12(15)16)17-18(5,6)13(2,3)4/h1,11H,8-9H2,2-6H3,(H,15,16). The van der Waals surface area contributed by atoms with Crippen LogP contribution in [0.4, 0.5) is 0 Å². The molecule has 4 nitrogen and oxygen atoms in total. The molecule has 0 aromatic carbocycles. The molecule has 0 aliphatic carbocycles. The summed E-state index contributed by atoms with van der Waals surface area (Å²) in [6.45, 7) is 10.2. The van der Waals surface area contributed by atoms with E-state index in [1.807, 2.05) is 19.0 Å². The summed E-state index contributed by atoms with van der Waals surface area (Å²) >= 11 is 0. The first-order chi connectivity index (χ1) is 7.99. The zero-order valence-electron chi connectivity index (χ0n) is 11.7. The van der Waals surface area contributed by atoms with Crippen LogP contribution in [0.1, 0.15) is 33.6 Å². The molecule has 0 saturated carbocycles. The lowest BCUT2D eigenvalue weighted by atomic mass is 10.1. The summed E-state index contributed by atoms with van der Waals surface area (Å²) in [5.41, 5.74) is 0. The predicted octanol–water partition coefficient (Wildman–Crippen LogP) is 2.44. The van der Waals surface area contributed by atoms with E-state index in [-0.39, 0.29) is 17.9 Å². The molecule has 0 aliphatic heterocycles. The maximum absolute atomic E-state index is 11.2. The van der Waals surface area contributed by atoms with Crippen molar-refractivity contribution in [3.63, 3.8) is 0 Å². The summed E-state index contributed by atoms with van der Waals surface area (Å²) in [6, 6.07) is 0. The van der Waals surface area contributed by atoms with Gasteiger partial charge in [0.05, 0.1) is 12.5 Å². The van der Waals surface area contributed by atoms with Crippen molar-refractivity contribution in [1.29, 1.82) is 0 Å². The molecule has 0 aromatic rings. The van der Waals surface area contributed by atoms with Gasteiger partial charge in [-0.05, 0) is 24.1 Å². The average molecular weight is 270 g/mol. The monoisotopic (exact) mass is 270 g/mol. The molecule has 102 valence electrons. The number of terminal acetylenes is 1. The molecule has 18 heavy (non-hydrogen) atoms. The van der Waals surface area contributed by atoms with E-state index in [0.29, 0.717) is 0 Å². The Morgan fingerprint density at radius 1 is 1.33 bits per heavy atom. The average Bonchev–Trinajstić information content (AvgIpc) is 2.13. The summed E-state index contributed by atoms with van der Waals surface area (Å²) in [4.78, 5) is 22.0. The molecular weight excluding hydrogens is 248 g/mol. The number of rotatable bonds is 6. The minimum atomic E-state index is -2.10. The van der Waals surface area contributed by atoms with E-state index in [2.05, 4.69) is 20.8 Å². The van der Waals surface area contributed by atoms with Gasteiger partial charge in [0.2, 0.25) is 5.78 Å². The van der Waals surface area contributed by atoms with E-state index in [0.717, 1.165) is 0 Å². The maximum atomic E-state index is 11.2. The van der Waals surface area contributed by atoms with E-state index in [1.165, 1.54) is 0 Å². The first-order valence-electron chi connectivity index (χ1n) is 5.88. The summed E-state index contributed by atoms with van der Waals surface area (Å²) in [5, 5.41) is 8.80. The number of hydrogen-bond acceptors (Lipinski definition) is 3. The Balaban J connectivity index is 4.85. The molecule has 0 aromatic heterocycles. The Labute approximate surface area is 110 Å². The number of hydrogen-bond donors (Lipinski definition) is 1. The summed E-state index contributed by atoms with van der Waals surface area (Å²) in [5.74, 6) is 0.597. The Bertz CT molecular complexity index is 360. The predicted molar refractivity (Wildman–Crippen MR) is 72.8 cm³/mol. The number of aliphatic carboxylic acids is 1. The third-order valence-corrected chi connectivity index (χ3v) is 7.78. The van der Waals surface area contributed by atoms with Crippen molar-refractivity contribution in [2.45, 2.75) is 57.8 Å². The molecule has 1 N–H and O–H groups in total.